The summed E-state index contributed by atoms with van der Waals surface area (Å²) in [6.45, 7) is 4.27. The minimum absolute atomic E-state index is 0.138. The summed E-state index contributed by atoms with van der Waals surface area (Å²) >= 11 is 0. The Hall–Kier alpha value is -3.88. The normalized spacial score (nSPS) is 11.6. The van der Waals surface area contributed by atoms with E-state index in [2.05, 4.69) is 9.97 Å². The largest absolute Gasteiger partial charge is 0.489 e. The second-order valence-corrected chi connectivity index (χ2v) is 7.64. The van der Waals surface area contributed by atoms with Crippen molar-refractivity contribution in [2.45, 2.75) is 33.2 Å². The van der Waals surface area contributed by atoms with Crippen LogP contribution in [0, 0.1) is 6.92 Å². The van der Waals surface area contributed by atoms with Crippen molar-refractivity contribution in [1.82, 2.24) is 14.5 Å². The third-order valence-electron chi connectivity index (χ3n) is 5.29. The first-order valence-corrected chi connectivity index (χ1v) is 10.6. The second kappa shape index (κ2) is 9.54. The van der Waals surface area contributed by atoms with Crippen LogP contribution in [0.15, 0.2) is 60.9 Å². The van der Waals surface area contributed by atoms with Crippen LogP contribution < -0.4 is 4.74 Å². The average molecular weight is 469 g/mol. The highest BCUT2D eigenvalue weighted by Gasteiger charge is 2.30. The summed E-state index contributed by atoms with van der Waals surface area (Å²) in [5.74, 6) is 0.697. The van der Waals surface area contributed by atoms with Gasteiger partial charge in [0.05, 0.1) is 12.2 Å². The molecule has 4 rings (SSSR count). The fourth-order valence-corrected chi connectivity index (χ4v) is 3.49. The number of esters is 1. The van der Waals surface area contributed by atoms with E-state index in [9.17, 15) is 18.0 Å². The van der Waals surface area contributed by atoms with E-state index in [-0.39, 0.29) is 19.1 Å². The minimum Gasteiger partial charge on any atom is -0.489 e. The highest BCUT2D eigenvalue weighted by atomic mass is 19.4. The van der Waals surface area contributed by atoms with Gasteiger partial charge in [-0.3, -0.25) is 4.79 Å². The van der Waals surface area contributed by atoms with Crippen LogP contribution >= 0.6 is 0 Å². The number of aryl methyl sites for hydroxylation is 1. The monoisotopic (exact) mass is 469 g/mol. The molecule has 2 heterocycles. The molecule has 0 atom stereocenters. The van der Waals surface area contributed by atoms with Gasteiger partial charge in [-0.1, -0.05) is 12.1 Å². The quantitative estimate of drug-likeness (QED) is 0.331. The van der Waals surface area contributed by atoms with Crippen molar-refractivity contribution in [2.75, 3.05) is 6.61 Å². The maximum Gasteiger partial charge on any atom is 0.416 e. The number of halogens is 3. The Bertz CT molecular complexity index is 1310. The predicted molar refractivity (Wildman–Crippen MR) is 120 cm³/mol. The summed E-state index contributed by atoms with van der Waals surface area (Å²) in [4.78, 5) is 20.5. The Labute approximate surface area is 194 Å². The first-order valence-electron chi connectivity index (χ1n) is 10.6. The third kappa shape index (κ3) is 5.19. The smallest absolute Gasteiger partial charge is 0.416 e. The Morgan fingerprint density at radius 1 is 1.09 bits per heavy atom. The van der Waals surface area contributed by atoms with Gasteiger partial charge in [0, 0.05) is 40.1 Å². The van der Waals surface area contributed by atoms with Crippen LogP contribution in [-0.4, -0.2) is 27.1 Å². The summed E-state index contributed by atoms with van der Waals surface area (Å²) in [6, 6.07) is 12.2. The van der Waals surface area contributed by atoms with Gasteiger partial charge in [-0.15, -0.1) is 0 Å². The van der Waals surface area contributed by atoms with Crippen molar-refractivity contribution in [2.24, 2.45) is 0 Å². The molecular formula is C25H22F3N3O3. The highest BCUT2D eigenvalue weighted by molar-refractivity contribution is 5.83. The zero-order chi connectivity index (χ0) is 24.3. The number of ether oxygens (including phenoxy) is 2. The number of alkyl halides is 3. The summed E-state index contributed by atoms with van der Waals surface area (Å²) < 4.78 is 51.0. The average Bonchev–Trinajstić information content (AvgIpc) is 3.19. The van der Waals surface area contributed by atoms with Gasteiger partial charge < -0.3 is 14.0 Å². The standard InChI is InChI=1S/C25H22F3N3O3/c1-3-33-23(32)14-31-11-10-18-12-21(8-9-22(18)31)34-15-19-13-29-24(30-16(19)2)17-4-6-20(7-5-17)25(26,27)28/h4-13H,3,14-15H2,1-2H3. The lowest BCUT2D eigenvalue weighted by Crippen LogP contribution is -2.12. The lowest BCUT2D eigenvalue weighted by atomic mass is 10.1. The van der Waals surface area contributed by atoms with Crippen molar-refractivity contribution < 1.29 is 27.4 Å². The topological polar surface area (TPSA) is 66.2 Å². The van der Waals surface area contributed by atoms with E-state index in [0.29, 0.717) is 29.4 Å². The van der Waals surface area contributed by atoms with Gasteiger partial charge in [0.2, 0.25) is 0 Å². The van der Waals surface area contributed by atoms with Crippen molar-refractivity contribution in [3.8, 4) is 17.1 Å². The van der Waals surface area contributed by atoms with Crippen LogP contribution in [0.3, 0.4) is 0 Å². The number of benzene rings is 2. The summed E-state index contributed by atoms with van der Waals surface area (Å²) in [7, 11) is 0. The molecule has 0 radical (unpaired) electrons. The zero-order valence-electron chi connectivity index (χ0n) is 18.6. The maximum atomic E-state index is 12.8. The molecule has 2 aromatic carbocycles. The lowest BCUT2D eigenvalue weighted by Gasteiger charge is -2.11. The van der Waals surface area contributed by atoms with Crippen LogP contribution in [0.2, 0.25) is 0 Å². The third-order valence-corrected chi connectivity index (χ3v) is 5.29. The van der Waals surface area contributed by atoms with Crippen LogP contribution in [0.1, 0.15) is 23.7 Å². The Morgan fingerprint density at radius 3 is 2.53 bits per heavy atom. The van der Waals surface area contributed by atoms with E-state index >= 15 is 0 Å². The van der Waals surface area contributed by atoms with Gasteiger partial charge in [0.25, 0.3) is 0 Å². The molecule has 6 nitrogen and oxygen atoms in total. The molecule has 176 valence electrons. The maximum absolute atomic E-state index is 12.8. The number of carbonyl (C=O) groups excluding carboxylic acids is 1. The number of fused-ring (bicyclic) bond motifs is 1. The highest BCUT2D eigenvalue weighted by Crippen LogP contribution is 2.30. The van der Waals surface area contributed by atoms with Gasteiger partial charge in [-0.2, -0.15) is 13.2 Å². The minimum atomic E-state index is -4.39. The van der Waals surface area contributed by atoms with E-state index in [0.717, 1.165) is 28.6 Å². The Morgan fingerprint density at radius 2 is 1.85 bits per heavy atom. The van der Waals surface area contributed by atoms with Crippen molar-refractivity contribution >= 4 is 16.9 Å². The van der Waals surface area contributed by atoms with Crippen LogP contribution in [-0.2, 0) is 28.9 Å². The van der Waals surface area contributed by atoms with Gasteiger partial charge in [0.15, 0.2) is 5.82 Å². The first-order chi connectivity index (χ1) is 16.2. The molecule has 0 fully saturated rings. The number of nitrogens with zero attached hydrogens (tertiary/aromatic N) is 3. The number of rotatable bonds is 7. The van der Waals surface area contributed by atoms with E-state index < -0.39 is 11.7 Å². The van der Waals surface area contributed by atoms with E-state index in [4.69, 9.17) is 9.47 Å². The molecule has 2 aromatic heterocycles. The van der Waals surface area contributed by atoms with E-state index in [1.54, 1.807) is 20.0 Å². The van der Waals surface area contributed by atoms with Gasteiger partial charge in [-0.25, -0.2) is 9.97 Å². The predicted octanol–water partition coefficient (Wildman–Crippen LogP) is 5.57. The summed E-state index contributed by atoms with van der Waals surface area (Å²) in [6.07, 6.45) is -0.948. The number of hydrogen-bond acceptors (Lipinski definition) is 5. The first kappa shape index (κ1) is 23.3. The van der Waals surface area contributed by atoms with E-state index in [1.807, 2.05) is 35.0 Å². The fraction of sp³-hybridized carbons (Fsp3) is 0.240. The van der Waals surface area contributed by atoms with Crippen LogP contribution in [0.5, 0.6) is 5.75 Å². The molecule has 0 saturated carbocycles. The Balaban J connectivity index is 1.44. The molecule has 0 N–H and O–H groups in total. The number of hydrogen-bond donors (Lipinski definition) is 0. The molecule has 0 aliphatic carbocycles. The van der Waals surface area contributed by atoms with Crippen molar-refractivity contribution in [1.29, 1.82) is 0 Å². The SMILES string of the molecule is CCOC(=O)Cn1ccc2cc(OCc3cnc(-c4ccc(C(F)(F)F)cc4)nc3C)ccc21. The number of aromatic nitrogens is 3. The molecule has 0 bridgehead atoms. The van der Waals surface area contributed by atoms with Crippen molar-refractivity contribution in [3.05, 3.63) is 77.7 Å². The van der Waals surface area contributed by atoms with E-state index in [1.165, 1.54) is 12.1 Å². The molecule has 0 unspecified atom stereocenters. The van der Waals surface area contributed by atoms with Gasteiger partial charge in [0.1, 0.15) is 18.9 Å². The molecule has 0 aliphatic rings. The summed E-state index contributed by atoms with van der Waals surface area (Å²) in [5.41, 5.74) is 2.11. The van der Waals surface area contributed by atoms with Gasteiger partial charge >= 0.3 is 12.1 Å². The zero-order valence-corrected chi connectivity index (χ0v) is 18.6. The second-order valence-electron chi connectivity index (χ2n) is 7.64. The number of carbonyl (C=O) groups is 1. The Kier molecular flexibility index (Phi) is 6.54. The molecule has 34 heavy (non-hydrogen) atoms. The molecule has 0 spiro atoms. The molecule has 4 aromatic rings. The van der Waals surface area contributed by atoms with Crippen molar-refractivity contribution in [3.63, 3.8) is 0 Å². The molecular weight excluding hydrogens is 447 g/mol. The van der Waals surface area contributed by atoms with Gasteiger partial charge in [-0.05, 0) is 50.2 Å². The molecule has 0 amide bonds. The molecule has 9 heteroatoms. The molecule has 0 aliphatic heterocycles. The van der Waals surface area contributed by atoms with Crippen LogP contribution in [0.4, 0.5) is 13.2 Å². The summed E-state index contributed by atoms with van der Waals surface area (Å²) in [5, 5.41) is 0.924. The lowest BCUT2D eigenvalue weighted by molar-refractivity contribution is -0.143. The fourth-order valence-electron chi connectivity index (χ4n) is 3.49. The van der Waals surface area contributed by atoms with Crippen LogP contribution in [0.25, 0.3) is 22.3 Å². The molecule has 0 saturated heterocycles.